The Labute approximate surface area is 186 Å². The molecule has 2 amide bonds. The van der Waals surface area contributed by atoms with Gasteiger partial charge in [-0.15, -0.1) is 0 Å². The Balaban J connectivity index is 1.73. The quantitative estimate of drug-likeness (QED) is 0.561. The fraction of sp³-hybridized carbons (Fsp3) is 0.261. The Morgan fingerprint density at radius 3 is 2.55 bits per heavy atom. The molecule has 1 aromatic heterocycles. The first-order valence-electron chi connectivity index (χ1n) is 9.93. The van der Waals surface area contributed by atoms with Crippen molar-refractivity contribution in [3.63, 3.8) is 0 Å². The first kappa shape index (κ1) is 22.4. The van der Waals surface area contributed by atoms with Crippen molar-refractivity contribution < 1.29 is 14.3 Å². The molecule has 1 atom stereocenters. The average Bonchev–Trinajstić information content (AvgIpc) is 3.23. The van der Waals surface area contributed by atoms with E-state index in [-0.39, 0.29) is 18.6 Å². The van der Waals surface area contributed by atoms with Crippen molar-refractivity contribution in [2.24, 2.45) is 0 Å². The molecule has 2 aromatic carbocycles. The summed E-state index contributed by atoms with van der Waals surface area (Å²) >= 11 is 6.24. The van der Waals surface area contributed by atoms with Crippen LogP contribution in [0.2, 0.25) is 5.02 Å². The van der Waals surface area contributed by atoms with Gasteiger partial charge in [-0.3, -0.25) is 9.59 Å². The van der Waals surface area contributed by atoms with E-state index in [1.165, 1.54) is 13.1 Å². The number of imidazole rings is 1. The van der Waals surface area contributed by atoms with Crippen LogP contribution in [0.3, 0.4) is 0 Å². The Hall–Kier alpha value is -3.32. The molecule has 0 saturated heterocycles. The summed E-state index contributed by atoms with van der Waals surface area (Å²) in [4.78, 5) is 29.6. The lowest BCUT2D eigenvalue weighted by Crippen LogP contribution is -2.48. The van der Waals surface area contributed by atoms with Gasteiger partial charge in [-0.25, -0.2) is 4.98 Å². The van der Waals surface area contributed by atoms with Gasteiger partial charge in [0.15, 0.2) is 0 Å². The Kier molecular flexibility index (Phi) is 7.31. The molecule has 0 radical (unpaired) electrons. The number of halogens is 1. The van der Waals surface area contributed by atoms with E-state index in [0.717, 1.165) is 11.3 Å². The molecule has 1 heterocycles. The van der Waals surface area contributed by atoms with Crippen molar-refractivity contribution >= 4 is 23.4 Å². The standard InChI is InChI=1S/C23H25ClN4O3/c1-15(2)31-21-10-9-17(11-18(21)24)22(29)27-20(23(30)25-3)13-28-12-19(26-14-28)16-7-5-4-6-8-16/h4-12,14-15,20H,13H2,1-3H3,(H,25,30)(H,27,29)/t20-/m0/s1. The zero-order valence-corrected chi connectivity index (χ0v) is 18.4. The fourth-order valence-electron chi connectivity index (χ4n) is 3.03. The highest BCUT2D eigenvalue weighted by Crippen LogP contribution is 2.26. The minimum absolute atomic E-state index is 0.0363. The summed E-state index contributed by atoms with van der Waals surface area (Å²) in [5, 5.41) is 5.69. The second-order valence-electron chi connectivity index (χ2n) is 7.27. The van der Waals surface area contributed by atoms with Crippen LogP contribution in [0.15, 0.2) is 61.1 Å². The lowest BCUT2D eigenvalue weighted by atomic mass is 10.1. The smallest absolute Gasteiger partial charge is 0.252 e. The monoisotopic (exact) mass is 440 g/mol. The number of ether oxygens (including phenoxy) is 1. The van der Waals surface area contributed by atoms with E-state index in [2.05, 4.69) is 15.6 Å². The number of nitrogens with one attached hydrogen (secondary N) is 2. The number of carbonyl (C=O) groups is 2. The van der Waals surface area contributed by atoms with Crippen molar-refractivity contribution in [2.45, 2.75) is 32.5 Å². The number of carbonyl (C=O) groups excluding carboxylic acids is 2. The number of hydrogen-bond donors (Lipinski definition) is 2. The topological polar surface area (TPSA) is 85.3 Å². The highest BCUT2D eigenvalue weighted by Gasteiger charge is 2.22. The Morgan fingerprint density at radius 2 is 1.90 bits per heavy atom. The molecule has 0 bridgehead atoms. The summed E-state index contributed by atoms with van der Waals surface area (Å²) in [6.45, 7) is 4.02. The maximum absolute atomic E-state index is 12.8. The van der Waals surface area contributed by atoms with Gasteiger partial charge in [-0.2, -0.15) is 0 Å². The molecule has 8 heteroatoms. The van der Waals surface area contributed by atoms with E-state index in [9.17, 15) is 9.59 Å². The van der Waals surface area contributed by atoms with E-state index in [1.54, 1.807) is 23.0 Å². The minimum atomic E-state index is -0.791. The fourth-order valence-corrected chi connectivity index (χ4v) is 3.26. The minimum Gasteiger partial charge on any atom is -0.489 e. The number of nitrogens with zero attached hydrogens (tertiary/aromatic N) is 2. The highest BCUT2D eigenvalue weighted by molar-refractivity contribution is 6.32. The van der Waals surface area contributed by atoms with Gasteiger partial charge in [-0.1, -0.05) is 41.9 Å². The lowest BCUT2D eigenvalue weighted by Gasteiger charge is -2.18. The molecule has 0 fully saturated rings. The van der Waals surface area contributed by atoms with E-state index >= 15 is 0 Å². The van der Waals surface area contributed by atoms with Gasteiger partial charge < -0.3 is 19.9 Å². The molecule has 0 spiro atoms. The molecule has 2 N–H and O–H groups in total. The third-order valence-electron chi connectivity index (χ3n) is 4.52. The molecule has 0 aliphatic rings. The first-order chi connectivity index (χ1) is 14.9. The van der Waals surface area contributed by atoms with Gasteiger partial charge in [0.05, 0.1) is 29.7 Å². The van der Waals surface area contributed by atoms with Crippen LogP contribution < -0.4 is 15.4 Å². The van der Waals surface area contributed by atoms with Crippen LogP contribution in [-0.2, 0) is 11.3 Å². The molecular formula is C23H25ClN4O3. The van der Waals surface area contributed by atoms with Crippen LogP contribution in [0.1, 0.15) is 24.2 Å². The number of hydrogen-bond acceptors (Lipinski definition) is 4. The van der Waals surface area contributed by atoms with Crippen LogP contribution >= 0.6 is 11.6 Å². The molecule has 0 aliphatic carbocycles. The third kappa shape index (κ3) is 5.86. The van der Waals surface area contributed by atoms with E-state index < -0.39 is 11.9 Å². The number of aromatic nitrogens is 2. The maximum atomic E-state index is 12.8. The third-order valence-corrected chi connectivity index (χ3v) is 4.82. The second kappa shape index (κ2) is 10.1. The highest BCUT2D eigenvalue weighted by atomic mass is 35.5. The van der Waals surface area contributed by atoms with Gasteiger partial charge in [0.2, 0.25) is 5.91 Å². The number of rotatable bonds is 8. The molecule has 3 rings (SSSR count). The summed E-state index contributed by atoms with van der Waals surface area (Å²) in [6, 6.07) is 13.7. The maximum Gasteiger partial charge on any atom is 0.252 e. The predicted octanol–water partition coefficient (Wildman–Crippen LogP) is 3.54. The number of benzene rings is 2. The zero-order valence-electron chi connectivity index (χ0n) is 17.6. The van der Waals surface area contributed by atoms with Crippen LogP contribution in [0.5, 0.6) is 5.75 Å². The van der Waals surface area contributed by atoms with Crippen LogP contribution in [0.4, 0.5) is 0 Å². The molecule has 7 nitrogen and oxygen atoms in total. The van der Waals surface area contributed by atoms with Crippen LogP contribution in [-0.4, -0.2) is 40.6 Å². The van der Waals surface area contributed by atoms with Crippen molar-refractivity contribution in [1.82, 2.24) is 20.2 Å². The van der Waals surface area contributed by atoms with Gasteiger partial charge >= 0.3 is 0 Å². The zero-order chi connectivity index (χ0) is 22.4. The van der Waals surface area contributed by atoms with Crippen molar-refractivity contribution in [3.8, 4) is 17.0 Å². The molecular weight excluding hydrogens is 416 g/mol. The van der Waals surface area contributed by atoms with Gasteiger partial charge in [0.25, 0.3) is 5.91 Å². The average molecular weight is 441 g/mol. The largest absolute Gasteiger partial charge is 0.489 e. The predicted molar refractivity (Wildman–Crippen MR) is 120 cm³/mol. The summed E-state index contributed by atoms with van der Waals surface area (Å²) in [6.07, 6.45) is 3.44. The summed E-state index contributed by atoms with van der Waals surface area (Å²) in [7, 11) is 1.53. The summed E-state index contributed by atoms with van der Waals surface area (Å²) in [5.41, 5.74) is 2.10. The van der Waals surface area contributed by atoms with E-state index in [1.807, 2.05) is 50.4 Å². The molecule has 3 aromatic rings. The Bertz CT molecular complexity index is 1050. The SMILES string of the molecule is CNC(=O)[C@H](Cn1cnc(-c2ccccc2)c1)NC(=O)c1ccc(OC(C)C)c(Cl)c1. The van der Waals surface area contributed by atoms with E-state index in [4.69, 9.17) is 16.3 Å². The van der Waals surface area contributed by atoms with Crippen molar-refractivity contribution in [1.29, 1.82) is 0 Å². The molecule has 0 saturated carbocycles. The lowest BCUT2D eigenvalue weighted by molar-refractivity contribution is -0.122. The Morgan fingerprint density at radius 1 is 1.16 bits per heavy atom. The number of amides is 2. The normalized spacial score (nSPS) is 11.8. The van der Waals surface area contributed by atoms with Gasteiger partial charge in [-0.05, 0) is 32.0 Å². The summed E-state index contributed by atoms with van der Waals surface area (Å²) in [5.74, 6) is -0.216. The molecule has 162 valence electrons. The van der Waals surface area contributed by atoms with Gasteiger partial charge in [0.1, 0.15) is 11.8 Å². The second-order valence-corrected chi connectivity index (χ2v) is 7.68. The summed E-state index contributed by atoms with van der Waals surface area (Å²) < 4.78 is 7.37. The van der Waals surface area contributed by atoms with Crippen molar-refractivity contribution in [2.75, 3.05) is 7.05 Å². The van der Waals surface area contributed by atoms with Crippen LogP contribution in [0.25, 0.3) is 11.3 Å². The van der Waals surface area contributed by atoms with Crippen LogP contribution in [0, 0.1) is 0 Å². The van der Waals surface area contributed by atoms with E-state index in [0.29, 0.717) is 16.3 Å². The van der Waals surface area contributed by atoms with Crippen molar-refractivity contribution in [3.05, 3.63) is 71.6 Å². The first-order valence-corrected chi connectivity index (χ1v) is 10.3. The van der Waals surface area contributed by atoms with Gasteiger partial charge in [0, 0.05) is 24.4 Å². The number of likely N-dealkylation sites (N-methyl/N-ethyl adjacent to an activating group) is 1. The molecule has 0 aliphatic heterocycles. The molecule has 0 unspecified atom stereocenters. The molecule has 31 heavy (non-hydrogen) atoms.